The molecule has 0 spiro atoms. The molecule has 1 aliphatic heterocycles. The Balaban J connectivity index is 2.48. The molecule has 0 aromatic heterocycles. The number of methoxy groups -OCH3 is 1. The summed E-state index contributed by atoms with van der Waals surface area (Å²) in [4.78, 5) is 36.3. The normalized spacial score (nSPS) is 14.2. The summed E-state index contributed by atoms with van der Waals surface area (Å²) in [5.74, 6) is -4.12. The van der Waals surface area contributed by atoms with Crippen molar-refractivity contribution < 1.29 is 33.0 Å². The van der Waals surface area contributed by atoms with Crippen molar-refractivity contribution in [3.8, 4) is 0 Å². The molecule has 0 bridgehead atoms. The lowest BCUT2D eigenvalue weighted by Gasteiger charge is -2.15. The van der Waals surface area contributed by atoms with Crippen LogP contribution in [0, 0.1) is 11.6 Å². The van der Waals surface area contributed by atoms with Crippen molar-refractivity contribution in [2.45, 2.75) is 0 Å². The Labute approximate surface area is 135 Å². The summed E-state index contributed by atoms with van der Waals surface area (Å²) in [6, 6.07) is 1.81. The molecule has 0 saturated carbocycles. The van der Waals surface area contributed by atoms with E-state index >= 15 is 0 Å². The van der Waals surface area contributed by atoms with E-state index in [4.69, 9.17) is 5.11 Å². The monoisotopic (exact) mass is 340 g/mol. The zero-order chi connectivity index (χ0) is 17.9. The first kappa shape index (κ1) is 17.5. The first-order valence-electron chi connectivity index (χ1n) is 6.86. The molecule has 1 amide bonds. The third-order valence-corrected chi connectivity index (χ3v) is 3.46. The van der Waals surface area contributed by atoms with Gasteiger partial charge in [-0.05, 0) is 12.1 Å². The summed E-state index contributed by atoms with van der Waals surface area (Å²) in [6.07, 6.45) is 0.286. The summed E-state index contributed by atoms with van der Waals surface area (Å²) in [5, 5.41) is 11.3. The molecule has 0 fully saturated rings. The van der Waals surface area contributed by atoms with Crippen molar-refractivity contribution in [3.05, 3.63) is 40.6 Å². The number of halogens is 2. The van der Waals surface area contributed by atoms with E-state index in [-0.39, 0.29) is 42.8 Å². The second-order valence-corrected chi connectivity index (χ2v) is 4.86. The SMILES string of the molecule is COC(=O)C1=C(Nc2c(C=O)ccc(F)c2F)C(=O)N(CCO)C1. The molecule has 24 heavy (non-hydrogen) atoms. The molecule has 2 rings (SSSR count). The number of hydrogen-bond acceptors (Lipinski definition) is 6. The minimum atomic E-state index is -1.36. The highest BCUT2D eigenvalue weighted by atomic mass is 19.2. The topological polar surface area (TPSA) is 95.9 Å². The number of ether oxygens (including phenoxy) is 1. The molecule has 7 nitrogen and oxygen atoms in total. The van der Waals surface area contributed by atoms with E-state index in [1.54, 1.807) is 0 Å². The highest BCUT2D eigenvalue weighted by molar-refractivity contribution is 6.09. The maximum absolute atomic E-state index is 14.0. The summed E-state index contributed by atoms with van der Waals surface area (Å²) in [7, 11) is 1.10. The first-order valence-corrected chi connectivity index (χ1v) is 6.86. The highest BCUT2D eigenvalue weighted by Crippen LogP contribution is 2.27. The molecule has 2 N–H and O–H groups in total. The second-order valence-electron chi connectivity index (χ2n) is 4.86. The van der Waals surface area contributed by atoms with Crippen LogP contribution in [-0.2, 0) is 14.3 Å². The molecule has 1 heterocycles. The standard InChI is InChI=1S/C15H14F2N2O5/c1-24-15(23)9-6-19(4-5-20)14(22)13(9)18-12-8(7-21)2-3-10(16)11(12)17/h2-3,7,18,20H,4-6H2,1H3. The Bertz CT molecular complexity index is 733. The molecular weight excluding hydrogens is 326 g/mol. The Hall–Kier alpha value is -2.81. The summed E-state index contributed by atoms with van der Waals surface area (Å²) in [6.45, 7) is -0.570. The van der Waals surface area contributed by atoms with E-state index in [0.717, 1.165) is 24.1 Å². The molecule has 1 aromatic carbocycles. The van der Waals surface area contributed by atoms with Crippen molar-refractivity contribution >= 4 is 23.9 Å². The molecule has 1 aliphatic rings. The number of aliphatic hydroxyl groups excluding tert-OH is 1. The van der Waals surface area contributed by atoms with Gasteiger partial charge >= 0.3 is 5.97 Å². The highest BCUT2D eigenvalue weighted by Gasteiger charge is 2.35. The van der Waals surface area contributed by atoms with Gasteiger partial charge in [-0.25, -0.2) is 13.6 Å². The third kappa shape index (κ3) is 3.11. The van der Waals surface area contributed by atoms with Gasteiger partial charge in [0.05, 0.1) is 31.5 Å². The number of amides is 1. The van der Waals surface area contributed by atoms with Crippen LogP contribution >= 0.6 is 0 Å². The maximum atomic E-state index is 14.0. The molecule has 0 aliphatic carbocycles. The van der Waals surface area contributed by atoms with Gasteiger partial charge in [-0.1, -0.05) is 0 Å². The fraction of sp³-hybridized carbons (Fsp3) is 0.267. The number of anilines is 1. The van der Waals surface area contributed by atoms with Crippen LogP contribution < -0.4 is 5.32 Å². The molecule has 1 aromatic rings. The quantitative estimate of drug-likeness (QED) is 0.577. The van der Waals surface area contributed by atoms with Gasteiger partial charge in [-0.15, -0.1) is 0 Å². The minimum absolute atomic E-state index is 0.0589. The van der Waals surface area contributed by atoms with E-state index < -0.39 is 29.2 Å². The predicted octanol–water partition coefficient (Wildman–Crippen LogP) is 0.451. The minimum Gasteiger partial charge on any atom is -0.466 e. The van der Waals surface area contributed by atoms with Crippen LogP contribution in [0.1, 0.15) is 10.4 Å². The van der Waals surface area contributed by atoms with Gasteiger partial charge in [-0.3, -0.25) is 9.59 Å². The summed E-state index contributed by atoms with van der Waals surface area (Å²) in [5.41, 5.74) is -1.22. The van der Waals surface area contributed by atoms with Crippen LogP contribution in [0.5, 0.6) is 0 Å². The molecule has 0 saturated heterocycles. The number of hydrogen-bond donors (Lipinski definition) is 2. The van der Waals surface area contributed by atoms with Crippen molar-refractivity contribution in [1.29, 1.82) is 0 Å². The van der Waals surface area contributed by atoms with Gasteiger partial charge in [0.1, 0.15) is 5.70 Å². The number of nitrogens with one attached hydrogen (secondary N) is 1. The van der Waals surface area contributed by atoms with Crippen LogP contribution in [0.25, 0.3) is 0 Å². The van der Waals surface area contributed by atoms with Crippen molar-refractivity contribution in [2.24, 2.45) is 0 Å². The van der Waals surface area contributed by atoms with Gasteiger partial charge in [0.25, 0.3) is 5.91 Å². The largest absolute Gasteiger partial charge is 0.466 e. The van der Waals surface area contributed by atoms with Crippen LogP contribution in [0.3, 0.4) is 0 Å². The predicted molar refractivity (Wildman–Crippen MR) is 78.1 cm³/mol. The molecule has 0 radical (unpaired) electrons. The van der Waals surface area contributed by atoms with Crippen LogP contribution in [0.15, 0.2) is 23.4 Å². The lowest BCUT2D eigenvalue weighted by atomic mass is 10.1. The van der Waals surface area contributed by atoms with Gasteiger partial charge < -0.3 is 20.1 Å². The number of rotatable bonds is 6. The zero-order valence-electron chi connectivity index (χ0n) is 12.6. The van der Waals surface area contributed by atoms with Crippen LogP contribution in [0.2, 0.25) is 0 Å². The third-order valence-electron chi connectivity index (χ3n) is 3.46. The van der Waals surface area contributed by atoms with Crippen molar-refractivity contribution in [2.75, 3.05) is 32.1 Å². The number of aldehydes is 1. The number of carbonyl (C=O) groups is 3. The van der Waals surface area contributed by atoms with E-state index in [2.05, 4.69) is 10.1 Å². The fourth-order valence-electron chi connectivity index (χ4n) is 2.26. The smallest absolute Gasteiger partial charge is 0.337 e. The lowest BCUT2D eigenvalue weighted by molar-refractivity contribution is -0.136. The molecule has 0 atom stereocenters. The number of β-amino-alcohol motifs (C(OH)–C–C–N with tert-alkyl or cyclic N) is 1. The van der Waals surface area contributed by atoms with Crippen LogP contribution in [-0.4, -0.2) is 55.0 Å². The Morgan fingerprint density at radius 3 is 2.75 bits per heavy atom. The first-order chi connectivity index (χ1) is 11.4. The van der Waals surface area contributed by atoms with Gasteiger partial charge in [0.2, 0.25) is 0 Å². The van der Waals surface area contributed by atoms with E-state index in [0.29, 0.717) is 0 Å². The maximum Gasteiger partial charge on any atom is 0.337 e. The van der Waals surface area contributed by atoms with Gasteiger partial charge in [0, 0.05) is 12.1 Å². The van der Waals surface area contributed by atoms with E-state index in [1.165, 1.54) is 0 Å². The zero-order valence-corrected chi connectivity index (χ0v) is 12.6. The number of carbonyl (C=O) groups excluding carboxylic acids is 3. The van der Waals surface area contributed by atoms with E-state index in [1.807, 2.05) is 0 Å². The summed E-state index contributed by atoms with van der Waals surface area (Å²) < 4.78 is 32.0. The average molecular weight is 340 g/mol. The molecule has 128 valence electrons. The van der Waals surface area contributed by atoms with Gasteiger partial charge in [0.15, 0.2) is 17.9 Å². The van der Waals surface area contributed by atoms with Crippen molar-refractivity contribution in [3.63, 3.8) is 0 Å². The average Bonchev–Trinajstić information content (AvgIpc) is 2.88. The molecule has 9 heteroatoms. The number of esters is 1. The Morgan fingerprint density at radius 1 is 1.46 bits per heavy atom. The summed E-state index contributed by atoms with van der Waals surface area (Å²) >= 11 is 0. The fourth-order valence-corrected chi connectivity index (χ4v) is 2.26. The van der Waals surface area contributed by atoms with Gasteiger partial charge in [-0.2, -0.15) is 0 Å². The molecule has 0 unspecified atom stereocenters. The molecular formula is C15H14F2N2O5. The van der Waals surface area contributed by atoms with E-state index in [9.17, 15) is 23.2 Å². The second kappa shape index (κ2) is 7.18. The number of aliphatic hydroxyl groups is 1. The Morgan fingerprint density at radius 2 is 2.17 bits per heavy atom. The van der Waals surface area contributed by atoms with Crippen molar-refractivity contribution in [1.82, 2.24) is 4.90 Å². The lowest BCUT2D eigenvalue weighted by Crippen LogP contribution is -2.31. The number of nitrogens with zero attached hydrogens (tertiary/aromatic N) is 1. The Kier molecular flexibility index (Phi) is 5.24. The van der Waals surface area contributed by atoms with Crippen LogP contribution in [0.4, 0.5) is 14.5 Å². The number of benzene rings is 1.